The fourth-order valence-corrected chi connectivity index (χ4v) is 7.25. The van der Waals surface area contributed by atoms with Crippen LogP contribution in [0.25, 0.3) is 0 Å². The molecule has 6 rings (SSSR count). The number of urea groups is 1. The number of anilines is 2. The van der Waals surface area contributed by atoms with Crippen molar-refractivity contribution in [3.63, 3.8) is 0 Å². The highest BCUT2D eigenvalue weighted by atomic mass is 32.2. The first-order valence-corrected chi connectivity index (χ1v) is 18.1. The maximum Gasteiger partial charge on any atom is 0.323 e. The van der Waals surface area contributed by atoms with Crippen LogP contribution in [0.2, 0.25) is 0 Å². The molecule has 0 saturated heterocycles. The Morgan fingerprint density at radius 1 is 0.558 bits per heavy atom. The average molecular weight is 743 g/mol. The molecule has 0 heterocycles. The van der Waals surface area contributed by atoms with Gasteiger partial charge in [0.25, 0.3) is 32.1 Å². The minimum atomic E-state index is -4.60. The van der Waals surface area contributed by atoms with Gasteiger partial charge >= 0.3 is 6.03 Å². The van der Waals surface area contributed by atoms with E-state index >= 15 is 0 Å². The highest BCUT2D eigenvalue weighted by Gasteiger charge is 2.33. The van der Waals surface area contributed by atoms with Gasteiger partial charge in [-0.2, -0.15) is 16.8 Å². The summed E-state index contributed by atoms with van der Waals surface area (Å²) in [6.45, 7) is 0. The molecule has 17 heteroatoms. The SMILES string of the molecule is O=C(Nc1ccc(C(=O)N=C2C=CC(S(=O)(=O)O)c3c(O)cccc32)cc1)Nc1ccc(C(=O)N=C2C=CC(S(=O)(=O)O)c3c(O)cccc32)cc1. The number of phenols is 2. The van der Waals surface area contributed by atoms with E-state index in [2.05, 4.69) is 20.6 Å². The number of aliphatic imine (C=N–C) groups is 2. The number of nitrogens with zero attached hydrogens (tertiary/aromatic N) is 2. The molecule has 0 bridgehead atoms. The Bertz CT molecular complexity index is 2320. The van der Waals surface area contributed by atoms with Crippen LogP contribution in [0.1, 0.15) is 53.5 Å². The van der Waals surface area contributed by atoms with E-state index in [9.17, 15) is 50.5 Å². The van der Waals surface area contributed by atoms with E-state index < -0.39 is 48.6 Å². The van der Waals surface area contributed by atoms with Gasteiger partial charge in [-0.05, 0) is 72.8 Å². The van der Waals surface area contributed by atoms with Crippen molar-refractivity contribution >= 4 is 60.9 Å². The summed E-state index contributed by atoms with van der Waals surface area (Å²) in [6, 6.07) is 19.1. The van der Waals surface area contributed by atoms with Gasteiger partial charge in [-0.25, -0.2) is 14.8 Å². The Balaban J connectivity index is 1.09. The maximum atomic E-state index is 12.9. The normalized spacial score (nSPS) is 18.0. The number of nitrogens with one attached hydrogen (secondary N) is 2. The average Bonchev–Trinajstić information content (AvgIpc) is 3.08. The Hall–Kier alpha value is -6.27. The Morgan fingerprint density at radius 2 is 0.923 bits per heavy atom. The van der Waals surface area contributed by atoms with Crippen LogP contribution in [-0.2, 0) is 20.2 Å². The van der Waals surface area contributed by atoms with E-state index in [1.54, 1.807) is 0 Å². The summed E-state index contributed by atoms with van der Waals surface area (Å²) in [7, 11) is -9.20. The topological polar surface area (TPSA) is 249 Å². The monoisotopic (exact) mass is 742 g/mol. The smallest absolute Gasteiger partial charge is 0.323 e. The van der Waals surface area contributed by atoms with Gasteiger partial charge in [0.1, 0.15) is 22.0 Å². The van der Waals surface area contributed by atoms with Gasteiger partial charge in [0, 0.05) is 44.8 Å². The van der Waals surface area contributed by atoms with Crippen molar-refractivity contribution in [3.05, 3.63) is 143 Å². The number of carbonyl (C=O) groups is 3. The molecule has 0 aliphatic heterocycles. The van der Waals surface area contributed by atoms with Crippen LogP contribution < -0.4 is 10.6 Å². The lowest BCUT2D eigenvalue weighted by molar-refractivity contribution is 0.0994. The van der Waals surface area contributed by atoms with Gasteiger partial charge in [-0.3, -0.25) is 18.7 Å². The number of aromatic hydroxyl groups is 2. The van der Waals surface area contributed by atoms with Crippen molar-refractivity contribution in [2.75, 3.05) is 10.6 Å². The number of rotatable bonds is 6. The van der Waals surface area contributed by atoms with Crippen molar-refractivity contribution in [2.24, 2.45) is 9.98 Å². The van der Waals surface area contributed by atoms with Crippen LogP contribution >= 0.6 is 0 Å². The predicted octanol–water partition coefficient (Wildman–Crippen LogP) is 5.00. The number of phenolic OH excluding ortho intramolecular Hbond substituents is 2. The van der Waals surface area contributed by atoms with Gasteiger partial charge in [0.2, 0.25) is 0 Å². The first-order chi connectivity index (χ1) is 24.6. The second kappa shape index (κ2) is 13.8. The molecular formula is C35H26N4O11S2. The molecule has 0 fully saturated rings. The molecule has 0 aromatic heterocycles. The minimum absolute atomic E-state index is 0.0720. The van der Waals surface area contributed by atoms with Gasteiger partial charge in [0.05, 0.1) is 11.4 Å². The summed E-state index contributed by atoms with van der Waals surface area (Å²) >= 11 is 0. The highest BCUT2D eigenvalue weighted by Crippen LogP contribution is 2.38. The third-order valence-electron chi connectivity index (χ3n) is 8.01. The molecular weight excluding hydrogens is 717 g/mol. The summed E-state index contributed by atoms with van der Waals surface area (Å²) in [5, 5.41) is 22.7. The number of hydrogen-bond acceptors (Lipinski definition) is 9. The van der Waals surface area contributed by atoms with Crippen LogP contribution in [0.15, 0.2) is 119 Å². The van der Waals surface area contributed by atoms with Crippen LogP contribution in [-0.4, -0.2) is 65.4 Å². The van der Waals surface area contributed by atoms with E-state index in [0.29, 0.717) is 11.4 Å². The largest absolute Gasteiger partial charge is 0.508 e. The van der Waals surface area contributed by atoms with Gasteiger partial charge in [0.15, 0.2) is 0 Å². The number of fused-ring (bicyclic) bond motifs is 2. The molecule has 0 spiro atoms. The van der Waals surface area contributed by atoms with Gasteiger partial charge < -0.3 is 20.8 Å². The lowest BCUT2D eigenvalue weighted by Gasteiger charge is -2.20. The lowest BCUT2D eigenvalue weighted by atomic mass is 9.94. The van der Waals surface area contributed by atoms with Crippen LogP contribution in [0.5, 0.6) is 11.5 Å². The number of benzene rings is 4. The molecule has 15 nitrogen and oxygen atoms in total. The molecule has 0 saturated carbocycles. The number of hydrogen-bond donors (Lipinski definition) is 6. The zero-order chi connectivity index (χ0) is 37.4. The zero-order valence-electron chi connectivity index (χ0n) is 26.4. The second-order valence-electron chi connectivity index (χ2n) is 11.4. The predicted molar refractivity (Wildman–Crippen MR) is 190 cm³/mol. The van der Waals surface area contributed by atoms with Gasteiger partial charge in [-0.1, -0.05) is 36.4 Å². The number of allylic oxidation sites excluding steroid dienone is 2. The molecule has 2 aliphatic carbocycles. The van der Waals surface area contributed by atoms with Crippen molar-refractivity contribution in [3.8, 4) is 11.5 Å². The van der Waals surface area contributed by atoms with Crippen molar-refractivity contribution in [1.82, 2.24) is 0 Å². The Labute approximate surface area is 295 Å². The van der Waals surface area contributed by atoms with E-state index in [1.165, 1.54) is 97.1 Å². The zero-order valence-corrected chi connectivity index (χ0v) is 28.0. The summed E-state index contributed by atoms with van der Waals surface area (Å²) in [6.07, 6.45) is 4.75. The molecule has 2 unspecified atom stereocenters. The molecule has 6 N–H and O–H groups in total. The molecule has 0 radical (unpaired) electrons. The highest BCUT2D eigenvalue weighted by molar-refractivity contribution is 7.86. The van der Waals surface area contributed by atoms with E-state index in [1.807, 2.05) is 0 Å². The summed E-state index contributed by atoms with van der Waals surface area (Å²) < 4.78 is 66.5. The summed E-state index contributed by atoms with van der Waals surface area (Å²) in [5.41, 5.74) is 1.14. The quantitative estimate of drug-likeness (QED) is 0.143. The maximum absolute atomic E-state index is 12.9. The Morgan fingerprint density at radius 3 is 1.27 bits per heavy atom. The molecule has 2 aliphatic rings. The van der Waals surface area contributed by atoms with E-state index in [4.69, 9.17) is 0 Å². The second-order valence-corrected chi connectivity index (χ2v) is 14.5. The molecule has 264 valence electrons. The molecule has 4 amide bonds. The summed E-state index contributed by atoms with van der Waals surface area (Å²) in [4.78, 5) is 46.6. The van der Waals surface area contributed by atoms with E-state index in [0.717, 1.165) is 12.2 Å². The van der Waals surface area contributed by atoms with Crippen LogP contribution in [0.4, 0.5) is 16.2 Å². The van der Waals surface area contributed by atoms with Crippen molar-refractivity contribution in [2.45, 2.75) is 10.5 Å². The minimum Gasteiger partial charge on any atom is -0.508 e. The standard InChI is InChI=1S/C35H26N4O11S2/c40-27-5-1-3-23-25(15-17-29(31(23)27)51(45,46)47)38-33(42)19-7-11-21(12-8-19)36-35(44)37-22-13-9-20(10-14-22)34(43)39-26-16-18-30(52(48,49)50)32-24(26)4-2-6-28(32)41/h1-18,29-30,40-41H,(H2,36,37,44)(H,45,46,47)(H,48,49,50). The lowest BCUT2D eigenvalue weighted by Crippen LogP contribution is -2.20. The van der Waals surface area contributed by atoms with Crippen molar-refractivity contribution < 1.29 is 50.5 Å². The fraction of sp³-hybridized carbons (Fsp3) is 0.0571. The third kappa shape index (κ3) is 7.42. The first kappa shape index (κ1) is 35.6. The number of amides is 4. The molecule has 4 aromatic carbocycles. The Kier molecular flexibility index (Phi) is 9.44. The van der Waals surface area contributed by atoms with E-state index in [-0.39, 0.29) is 56.3 Å². The summed E-state index contributed by atoms with van der Waals surface area (Å²) in [5.74, 6) is -2.17. The van der Waals surface area contributed by atoms with Crippen molar-refractivity contribution in [1.29, 1.82) is 0 Å². The first-order valence-electron chi connectivity index (χ1n) is 15.1. The molecule has 4 aromatic rings. The van der Waals surface area contributed by atoms with Gasteiger partial charge in [-0.15, -0.1) is 0 Å². The molecule has 2 atom stereocenters. The van der Waals surface area contributed by atoms with Crippen LogP contribution in [0.3, 0.4) is 0 Å². The fourth-order valence-electron chi connectivity index (χ4n) is 5.60. The van der Waals surface area contributed by atoms with Crippen LogP contribution in [0, 0.1) is 0 Å². The number of carbonyl (C=O) groups excluding carboxylic acids is 3. The third-order valence-corrected chi connectivity index (χ3v) is 10.1. The molecule has 52 heavy (non-hydrogen) atoms.